The Morgan fingerprint density at radius 3 is 2.11 bits per heavy atom. The molecule has 1 heterocycles. The Kier molecular flexibility index (Phi) is 5.88. The number of esters is 2. The third-order valence-electron chi connectivity index (χ3n) is 3.83. The first-order chi connectivity index (χ1) is 13.3. The predicted molar refractivity (Wildman–Crippen MR) is 109 cm³/mol. The molecule has 2 aromatic carbocycles. The van der Waals surface area contributed by atoms with Gasteiger partial charge in [-0.05, 0) is 30.3 Å². The lowest BCUT2D eigenvalue weighted by molar-refractivity contribution is 0.0599. The molecule has 0 saturated heterocycles. The van der Waals surface area contributed by atoms with Gasteiger partial charge in [0.1, 0.15) is 4.88 Å². The van der Waals surface area contributed by atoms with Crippen molar-refractivity contribution in [3.63, 3.8) is 0 Å². The number of fused-ring (bicyclic) bond motifs is 1. The van der Waals surface area contributed by atoms with E-state index in [0.717, 1.165) is 4.70 Å². The summed E-state index contributed by atoms with van der Waals surface area (Å²) in [6.45, 7) is 0. The molecular formula is C19H13Cl2NO5S. The Morgan fingerprint density at radius 2 is 1.54 bits per heavy atom. The normalized spacial score (nSPS) is 10.6. The quantitative estimate of drug-likeness (QED) is 0.578. The third kappa shape index (κ3) is 3.96. The van der Waals surface area contributed by atoms with Crippen LogP contribution in [0.15, 0.2) is 36.4 Å². The van der Waals surface area contributed by atoms with Crippen LogP contribution in [-0.2, 0) is 9.47 Å². The van der Waals surface area contributed by atoms with E-state index >= 15 is 0 Å². The fourth-order valence-corrected chi connectivity index (χ4v) is 4.23. The highest BCUT2D eigenvalue weighted by molar-refractivity contribution is 7.21. The van der Waals surface area contributed by atoms with Crippen LogP contribution in [0.25, 0.3) is 10.1 Å². The highest BCUT2D eigenvalue weighted by Gasteiger charge is 2.20. The zero-order valence-electron chi connectivity index (χ0n) is 14.7. The summed E-state index contributed by atoms with van der Waals surface area (Å²) < 4.78 is 10.1. The summed E-state index contributed by atoms with van der Waals surface area (Å²) in [6, 6.07) is 9.26. The van der Waals surface area contributed by atoms with Gasteiger partial charge in [-0.2, -0.15) is 0 Å². The molecule has 0 spiro atoms. The van der Waals surface area contributed by atoms with Gasteiger partial charge in [-0.1, -0.05) is 29.3 Å². The lowest BCUT2D eigenvalue weighted by Crippen LogP contribution is -2.13. The van der Waals surface area contributed by atoms with Crippen molar-refractivity contribution in [2.45, 2.75) is 0 Å². The lowest BCUT2D eigenvalue weighted by atomic mass is 10.1. The van der Waals surface area contributed by atoms with E-state index in [1.165, 1.54) is 43.8 Å². The van der Waals surface area contributed by atoms with Crippen molar-refractivity contribution in [1.29, 1.82) is 0 Å². The van der Waals surface area contributed by atoms with E-state index in [0.29, 0.717) is 15.4 Å². The molecule has 3 rings (SSSR count). The number of nitrogens with one attached hydrogen (secondary N) is 1. The Bertz CT molecular complexity index is 1070. The van der Waals surface area contributed by atoms with E-state index in [-0.39, 0.29) is 21.7 Å². The fourth-order valence-electron chi connectivity index (χ4n) is 2.54. The molecule has 0 atom stereocenters. The van der Waals surface area contributed by atoms with Crippen LogP contribution < -0.4 is 5.32 Å². The van der Waals surface area contributed by atoms with Crippen molar-refractivity contribution in [2.75, 3.05) is 19.5 Å². The number of amides is 1. The fraction of sp³-hybridized carbons (Fsp3) is 0.105. The molecule has 144 valence electrons. The van der Waals surface area contributed by atoms with Crippen LogP contribution in [0, 0.1) is 0 Å². The van der Waals surface area contributed by atoms with E-state index < -0.39 is 17.8 Å². The van der Waals surface area contributed by atoms with Crippen LogP contribution in [0.1, 0.15) is 30.4 Å². The molecule has 1 aromatic heterocycles. The molecule has 0 bridgehead atoms. The first-order valence-corrected chi connectivity index (χ1v) is 9.42. The van der Waals surface area contributed by atoms with Gasteiger partial charge in [0.15, 0.2) is 0 Å². The molecule has 0 unspecified atom stereocenters. The van der Waals surface area contributed by atoms with E-state index in [1.54, 1.807) is 18.2 Å². The van der Waals surface area contributed by atoms with Crippen LogP contribution in [0.4, 0.5) is 5.69 Å². The van der Waals surface area contributed by atoms with Crippen molar-refractivity contribution >= 4 is 68.2 Å². The smallest absolute Gasteiger partial charge is 0.337 e. The molecule has 1 N–H and O–H groups in total. The minimum atomic E-state index is -0.657. The lowest BCUT2D eigenvalue weighted by Gasteiger charge is -2.09. The largest absolute Gasteiger partial charge is 0.465 e. The summed E-state index contributed by atoms with van der Waals surface area (Å²) in [5, 5.41) is 4.19. The maximum absolute atomic E-state index is 12.7. The second kappa shape index (κ2) is 8.18. The molecule has 28 heavy (non-hydrogen) atoms. The number of anilines is 1. The van der Waals surface area contributed by atoms with E-state index in [1.807, 2.05) is 0 Å². The molecule has 0 saturated carbocycles. The van der Waals surface area contributed by atoms with Crippen LogP contribution in [0.3, 0.4) is 0 Å². The van der Waals surface area contributed by atoms with Gasteiger partial charge in [0.2, 0.25) is 0 Å². The van der Waals surface area contributed by atoms with Gasteiger partial charge >= 0.3 is 11.9 Å². The van der Waals surface area contributed by atoms with Gasteiger partial charge in [0.25, 0.3) is 5.91 Å². The molecule has 1 amide bonds. The van der Waals surface area contributed by atoms with Crippen molar-refractivity contribution in [1.82, 2.24) is 0 Å². The molecule has 9 heteroatoms. The SMILES string of the molecule is COC(=O)c1cc(NC(=O)c2sc3cc(Cl)ccc3c2Cl)cc(C(=O)OC)c1. The summed E-state index contributed by atoms with van der Waals surface area (Å²) in [5.41, 5.74) is 0.407. The molecule has 6 nitrogen and oxygen atoms in total. The molecule has 0 fully saturated rings. The zero-order valence-corrected chi connectivity index (χ0v) is 17.0. The van der Waals surface area contributed by atoms with Gasteiger partial charge in [-0.25, -0.2) is 9.59 Å². The van der Waals surface area contributed by atoms with E-state index in [2.05, 4.69) is 14.8 Å². The second-order valence-electron chi connectivity index (χ2n) is 5.62. The number of hydrogen-bond donors (Lipinski definition) is 1. The first-order valence-electron chi connectivity index (χ1n) is 7.84. The average molecular weight is 438 g/mol. The van der Waals surface area contributed by atoms with Gasteiger partial charge in [0, 0.05) is 20.8 Å². The van der Waals surface area contributed by atoms with Crippen LogP contribution in [0.5, 0.6) is 0 Å². The number of halogens is 2. The molecule has 0 radical (unpaired) electrons. The van der Waals surface area contributed by atoms with Crippen molar-refractivity contribution in [2.24, 2.45) is 0 Å². The number of ether oxygens (including phenoxy) is 2. The van der Waals surface area contributed by atoms with Gasteiger partial charge < -0.3 is 14.8 Å². The monoisotopic (exact) mass is 437 g/mol. The maximum Gasteiger partial charge on any atom is 0.337 e. The number of carbonyl (C=O) groups is 3. The van der Waals surface area contributed by atoms with Crippen molar-refractivity contribution in [3.8, 4) is 0 Å². The summed E-state index contributed by atoms with van der Waals surface area (Å²) in [6.07, 6.45) is 0. The average Bonchev–Trinajstić information content (AvgIpc) is 3.02. The highest BCUT2D eigenvalue weighted by Crippen LogP contribution is 2.37. The molecule has 0 aliphatic heterocycles. The minimum absolute atomic E-state index is 0.0925. The highest BCUT2D eigenvalue weighted by atomic mass is 35.5. The van der Waals surface area contributed by atoms with Crippen molar-refractivity contribution in [3.05, 3.63) is 62.4 Å². The summed E-state index contributed by atoms with van der Waals surface area (Å²) in [5.74, 6) is -1.80. The first kappa shape index (κ1) is 20.1. The van der Waals surface area contributed by atoms with Crippen LogP contribution in [0.2, 0.25) is 10.0 Å². The van der Waals surface area contributed by atoms with E-state index in [9.17, 15) is 14.4 Å². The number of benzene rings is 2. The Morgan fingerprint density at radius 1 is 0.929 bits per heavy atom. The topological polar surface area (TPSA) is 81.7 Å². The van der Waals surface area contributed by atoms with Gasteiger partial charge in [-0.15, -0.1) is 11.3 Å². The number of rotatable bonds is 4. The predicted octanol–water partition coefficient (Wildman–Crippen LogP) is 5.03. The molecular weight excluding hydrogens is 425 g/mol. The second-order valence-corrected chi connectivity index (χ2v) is 7.49. The Labute approximate surface area is 174 Å². The van der Waals surface area contributed by atoms with Crippen LogP contribution in [-0.4, -0.2) is 32.1 Å². The number of carbonyl (C=O) groups excluding carboxylic acids is 3. The van der Waals surface area contributed by atoms with Gasteiger partial charge in [-0.3, -0.25) is 4.79 Å². The minimum Gasteiger partial charge on any atom is -0.465 e. The Balaban J connectivity index is 1.98. The number of hydrogen-bond acceptors (Lipinski definition) is 6. The maximum atomic E-state index is 12.7. The van der Waals surface area contributed by atoms with Gasteiger partial charge in [0.05, 0.1) is 30.4 Å². The summed E-state index contributed by atoms with van der Waals surface area (Å²) >= 11 is 13.5. The summed E-state index contributed by atoms with van der Waals surface area (Å²) in [7, 11) is 2.43. The molecule has 0 aliphatic rings. The standard InChI is InChI=1S/C19H13Cl2NO5S/c1-26-18(24)9-5-10(19(25)27-2)7-12(6-9)22-17(23)16-15(21)13-4-3-11(20)8-14(13)28-16/h3-8H,1-2H3,(H,22,23). The number of thiophene rings is 1. The number of methoxy groups -OCH3 is 2. The third-order valence-corrected chi connectivity index (χ3v) is 5.72. The molecule has 0 aliphatic carbocycles. The van der Waals surface area contributed by atoms with Crippen LogP contribution >= 0.6 is 34.5 Å². The van der Waals surface area contributed by atoms with Crippen molar-refractivity contribution < 1.29 is 23.9 Å². The Hall–Kier alpha value is -2.61. The zero-order chi connectivity index (χ0) is 20.4. The summed E-state index contributed by atoms with van der Waals surface area (Å²) in [4.78, 5) is 36.8. The van der Waals surface area contributed by atoms with E-state index in [4.69, 9.17) is 23.2 Å². The molecule has 3 aromatic rings.